The molecule has 0 spiro atoms. The van der Waals surface area contributed by atoms with Crippen molar-refractivity contribution in [2.24, 2.45) is 0 Å². The second kappa shape index (κ2) is 6.28. The Hall–Kier alpha value is -1.86. The normalized spacial score (nSPS) is 16.3. The molecule has 0 aromatic carbocycles. The Labute approximate surface area is 123 Å². The van der Waals surface area contributed by atoms with Crippen molar-refractivity contribution in [2.75, 3.05) is 26.2 Å². The van der Waals surface area contributed by atoms with Crippen LogP contribution in [0.15, 0.2) is 10.6 Å². The summed E-state index contributed by atoms with van der Waals surface area (Å²) in [5.41, 5.74) is 2.63. The first-order valence-corrected chi connectivity index (χ1v) is 7.35. The van der Waals surface area contributed by atoms with Crippen molar-refractivity contribution in [1.29, 1.82) is 0 Å². The molecule has 0 unspecified atom stereocenters. The van der Waals surface area contributed by atoms with Crippen molar-refractivity contribution in [3.8, 4) is 11.5 Å². The van der Waals surface area contributed by atoms with E-state index in [9.17, 15) is 0 Å². The lowest BCUT2D eigenvalue weighted by molar-refractivity contribution is 0.225. The predicted octanol–water partition coefficient (Wildman–Crippen LogP) is 0.803. The first-order valence-electron chi connectivity index (χ1n) is 7.35. The van der Waals surface area contributed by atoms with E-state index in [0.717, 1.165) is 61.9 Å². The summed E-state index contributed by atoms with van der Waals surface area (Å²) in [5, 5.41) is 15.7. The molecule has 0 aliphatic carbocycles. The van der Waals surface area contributed by atoms with Gasteiger partial charge in [0.1, 0.15) is 0 Å². The van der Waals surface area contributed by atoms with Crippen LogP contribution in [0.25, 0.3) is 11.5 Å². The molecule has 0 bridgehead atoms. The minimum atomic E-state index is 0.537. The molecule has 112 valence electrons. The Balaban J connectivity index is 1.79. The van der Waals surface area contributed by atoms with E-state index in [4.69, 9.17) is 4.52 Å². The minimum Gasteiger partial charge on any atom is -0.334 e. The standard InChI is InChI=1S/C14H20N6O/c1-3-12-11(8-10(2)17-18-12)14-16-13(19-21-14)9-20-6-4-15-5-7-20/h8,15H,3-7,9H2,1-2H3. The smallest absolute Gasteiger partial charge is 0.259 e. The first kappa shape index (κ1) is 14.1. The van der Waals surface area contributed by atoms with Gasteiger partial charge in [-0.1, -0.05) is 12.1 Å². The lowest BCUT2D eigenvalue weighted by atomic mass is 10.1. The third kappa shape index (κ3) is 3.25. The number of hydrogen-bond acceptors (Lipinski definition) is 7. The van der Waals surface area contributed by atoms with Gasteiger partial charge in [-0.2, -0.15) is 15.2 Å². The average molecular weight is 288 g/mol. The van der Waals surface area contributed by atoms with Gasteiger partial charge in [0.15, 0.2) is 5.82 Å². The molecule has 0 amide bonds. The van der Waals surface area contributed by atoms with Crippen LogP contribution in [0, 0.1) is 6.92 Å². The Morgan fingerprint density at radius 1 is 1.29 bits per heavy atom. The van der Waals surface area contributed by atoms with Crippen molar-refractivity contribution in [3.05, 3.63) is 23.3 Å². The fourth-order valence-electron chi connectivity index (χ4n) is 2.46. The molecule has 2 aromatic heterocycles. The fraction of sp³-hybridized carbons (Fsp3) is 0.571. The van der Waals surface area contributed by atoms with Crippen LogP contribution in [0.1, 0.15) is 24.1 Å². The number of nitrogens with zero attached hydrogens (tertiary/aromatic N) is 5. The zero-order valence-corrected chi connectivity index (χ0v) is 12.5. The summed E-state index contributed by atoms with van der Waals surface area (Å²) in [7, 11) is 0. The van der Waals surface area contributed by atoms with E-state index in [1.165, 1.54) is 0 Å². The van der Waals surface area contributed by atoms with Crippen LogP contribution in [0.4, 0.5) is 0 Å². The Morgan fingerprint density at radius 2 is 2.10 bits per heavy atom. The monoisotopic (exact) mass is 288 g/mol. The van der Waals surface area contributed by atoms with E-state index in [-0.39, 0.29) is 0 Å². The number of aryl methyl sites for hydroxylation is 2. The van der Waals surface area contributed by atoms with Gasteiger partial charge in [-0.05, 0) is 19.4 Å². The van der Waals surface area contributed by atoms with E-state index >= 15 is 0 Å². The molecule has 3 heterocycles. The topological polar surface area (TPSA) is 80.0 Å². The van der Waals surface area contributed by atoms with Crippen molar-refractivity contribution < 1.29 is 4.52 Å². The second-order valence-corrected chi connectivity index (χ2v) is 5.24. The number of rotatable bonds is 4. The zero-order valence-electron chi connectivity index (χ0n) is 12.5. The van der Waals surface area contributed by atoms with Gasteiger partial charge in [-0.3, -0.25) is 4.90 Å². The van der Waals surface area contributed by atoms with Crippen LogP contribution in [-0.2, 0) is 13.0 Å². The van der Waals surface area contributed by atoms with E-state index in [1.54, 1.807) is 0 Å². The highest BCUT2D eigenvalue weighted by atomic mass is 16.5. The number of nitrogens with one attached hydrogen (secondary N) is 1. The van der Waals surface area contributed by atoms with Gasteiger partial charge in [0.25, 0.3) is 5.89 Å². The summed E-state index contributed by atoms with van der Waals surface area (Å²) in [4.78, 5) is 6.84. The Kier molecular flexibility index (Phi) is 4.21. The quantitative estimate of drug-likeness (QED) is 0.891. The first-order chi connectivity index (χ1) is 10.3. The van der Waals surface area contributed by atoms with Gasteiger partial charge in [0, 0.05) is 26.2 Å². The van der Waals surface area contributed by atoms with Crippen molar-refractivity contribution in [3.63, 3.8) is 0 Å². The molecule has 1 saturated heterocycles. The second-order valence-electron chi connectivity index (χ2n) is 5.24. The fourth-order valence-corrected chi connectivity index (χ4v) is 2.46. The maximum absolute atomic E-state index is 5.42. The van der Waals surface area contributed by atoms with Gasteiger partial charge in [-0.15, -0.1) is 0 Å². The van der Waals surface area contributed by atoms with Crippen LogP contribution >= 0.6 is 0 Å². The molecule has 2 aromatic rings. The molecule has 1 aliphatic heterocycles. The molecule has 3 rings (SSSR count). The average Bonchev–Trinajstić information content (AvgIpc) is 2.96. The van der Waals surface area contributed by atoms with Crippen LogP contribution < -0.4 is 5.32 Å². The van der Waals surface area contributed by atoms with Crippen LogP contribution in [0.5, 0.6) is 0 Å². The summed E-state index contributed by atoms with van der Waals surface area (Å²) in [5.74, 6) is 1.26. The molecule has 21 heavy (non-hydrogen) atoms. The number of aromatic nitrogens is 4. The van der Waals surface area contributed by atoms with Gasteiger partial charge >= 0.3 is 0 Å². The van der Waals surface area contributed by atoms with E-state index < -0.39 is 0 Å². The third-order valence-electron chi connectivity index (χ3n) is 3.60. The molecule has 7 nitrogen and oxygen atoms in total. The van der Waals surface area contributed by atoms with E-state index in [1.807, 2.05) is 19.9 Å². The van der Waals surface area contributed by atoms with Gasteiger partial charge in [0.2, 0.25) is 0 Å². The molecule has 0 saturated carbocycles. The molecule has 0 radical (unpaired) electrons. The zero-order chi connectivity index (χ0) is 14.7. The van der Waals surface area contributed by atoms with Crippen LogP contribution in [-0.4, -0.2) is 51.4 Å². The molecule has 1 N–H and O–H groups in total. The van der Waals surface area contributed by atoms with Gasteiger partial charge in [-0.25, -0.2) is 0 Å². The molecular weight excluding hydrogens is 268 g/mol. The lowest BCUT2D eigenvalue weighted by Crippen LogP contribution is -2.43. The Bertz CT molecular complexity index is 605. The van der Waals surface area contributed by atoms with E-state index in [0.29, 0.717) is 5.89 Å². The molecule has 1 fully saturated rings. The summed E-state index contributed by atoms with van der Waals surface area (Å²) >= 11 is 0. The summed E-state index contributed by atoms with van der Waals surface area (Å²) < 4.78 is 5.42. The molecule has 1 aliphatic rings. The predicted molar refractivity (Wildman–Crippen MR) is 77.6 cm³/mol. The largest absolute Gasteiger partial charge is 0.334 e. The maximum Gasteiger partial charge on any atom is 0.259 e. The van der Waals surface area contributed by atoms with Crippen molar-refractivity contribution in [2.45, 2.75) is 26.8 Å². The van der Waals surface area contributed by atoms with Gasteiger partial charge < -0.3 is 9.84 Å². The number of hydrogen-bond donors (Lipinski definition) is 1. The third-order valence-corrected chi connectivity index (χ3v) is 3.60. The minimum absolute atomic E-state index is 0.537. The lowest BCUT2D eigenvalue weighted by Gasteiger charge is -2.25. The highest BCUT2D eigenvalue weighted by molar-refractivity contribution is 5.56. The molecular formula is C14H20N6O. The Morgan fingerprint density at radius 3 is 2.86 bits per heavy atom. The maximum atomic E-state index is 5.42. The van der Waals surface area contributed by atoms with Gasteiger partial charge in [0.05, 0.1) is 23.5 Å². The van der Waals surface area contributed by atoms with Crippen molar-refractivity contribution in [1.82, 2.24) is 30.6 Å². The van der Waals surface area contributed by atoms with Crippen molar-refractivity contribution >= 4 is 0 Å². The van der Waals surface area contributed by atoms with E-state index in [2.05, 4.69) is 30.6 Å². The van der Waals surface area contributed by atoms with Crippen LogP contribution in [0.3, 0.4) is 0 Å². The number of piperazine rings is 1. The summed E-state index contributed by atoms with van der Waals surface area (Å²) in [6.07, 6.45) is 0.790. The highest BCUT2D eigenvalue weighted by Gasteiger charge is 2.17. The van der Waals surface area contributed by atoms with Crippen LogP contribution in [0.2, 0.25) is 0 Å². The molecule has 7 heteroatoms. The molecule has 0 atom stereocenters. The summed E-state index contributed by atoms with van der Waals surface area (Å²) in [6, 6.07) is 1.95. The highest BCUT2D eigenvalue weighted by Crippen LogP contribution is 2.21. The SMILES string of the molecule is CCc1nnc(C)cc1-c1nc(CN2CCNCC2)no1. The summed E-state index contributed by atoms with van der Waals surface area (Å²) in [6.45, 7) is 8.73.